The second-order valence-corrected chi connectivity index (χ2v) is 7.67. The van der Waals surface area contributed by atoms with Crippen molar-refractivity contribution >= 4 is 22.0 Å². The number of aryl methyl sites for hydroxylation is 1. The Morgan fingerprint density at radius 1 is 1.44 bits per heavy atom. The molecule has 146 valence electrons. The number of halogens is 2. The van der Waals surface area contributed by atoms with Crippen molar-refractivity contribution in [2.75, 3.05) is 6.54 Å². The first kappa shape index (κ1) is 20.8. The SMILES string of the molecule is Cc1cc(Br)ncc1-n1cnn(CC(=CF)CNC(=O)OC(C)(C)C)c1=O. The lowest BCUT2D eigenvalue weighted by Crippen LogP contribution is -2.34. The third-order valence-electron chi connectivity index (χ3n) is 3.41. The number of ether oxygens (including phenoxy) is 1. The van der Waals surface area contributed by atoms with Gasteiger partial charge in [0.15, 0.2) is 0 Å². The predicted molar refractivity (Wildman–Crippen MR) is 101 cm³/mol. The summed E-state index contributed by atoms with van der Waals surface area (Å²) < 4.78 is 21.4. The van der Waals surface area contributed by atoms with Crippen LogP contribution in [0.3, 0.4) is 0 Å². The molecule has 2 rings (SSSR count). The Bertz CT molecular complexity index is 914. The molecule has 0 unspecified atom stereocenters. The van der Waals surface area contributed by atoms with E-state index in [2.05, 4.69) is 31.3 Å². The van der Waals surface area contributed by atoms with Crippen LogP contribution in [0.15, 0.2) is 39.9 Å². The maximum absolute atomic E-state index is 13.2. The van der Waals surface area contributed by atoms with Gasteiger partial charge in [0.1, 0.15) is 16.5 Å². The fraction of sp³-hybridized carbons (Fsp3) is 0.412. The molecule has 0 aliphatic heterocycles. The zero-order valence-corrected chi connectivity index (χ0v) is 17.1. The van der Waals surface area contributed by atoms with Crippen molar-refractivity contribution < 1.29 is 13.9 Å². The molecule has 2 aromatic rings. The van der Waals surface area contributed by atoms with E-state index in [1.165, 1.54) is 10.9 Å². The van der Waals surface area contributed by atoms with Gasteiger partial charge in [0, 0.05) is 6.54 Å². The molecule has 0 aliphatic rings. The van der Waals surface area contributed by atoms with Crippen LogP contribution in [0.1, 0.15) is 26.3 Å². The Kier molecular flexibility index (Phi) is 6.53. The molecule has 0 spiro atoms. The quantitative estimate of drug-likeness (QED) is 0.720. The molecule has 0 bridgehead atoms. The number of carbonyl (C=O) groups excluding carboxylic acids is 1. The summed E-state index contributed by atoms with van der Waals surface area (Å²) in [6.07, 6.45) is 2.56. The van der Waals surface area contributed by atoms with Crippen molar-refractivity contribution in [3.05, 3.63) is 51.1 Å². The number of carbonyl (C=O) groups is 1. The molecule has 0 radical (unpaired) electrons. The second-order valence-electron chi connectivity index (χ2n) is 6.86. The number of aromatic nitrogens is 4. The van der Waals surface area contributed by atoms with E-state index in [0.29, 0.717) is 16.6 Å². The number of hydrogen-bond donors (Lipinski definition) is 1. The van der Waals surface area contributed by atoms with Gasteiger partial charge in [0.2, 0.25) is 0 Å². The highest BCUT2D eigenvalue weighted by Crippen LogP contribution is 2.15. The number of amides is 1. The Hall–Kier alpha value is -2.49. The molecule has 0 fully saturated rings. The van der Waals surface area contributed by atoms with Crippen LogP contribution >= 0.6 is 15.9 Å². The average Bonchev–Trinajstić information content (AvgIpc) is 2.90. The molecule has 8 nitrogen and oxygen atoms in total. The lowest BCUT2D eigenvalue weighted by atomic mass is 10.2. The first-order valence-corrected chi connectivity index (χ1v) is 8.92. The van der Waals surface area contributed by atoms with E-state index in [1.54, 1.807) is 33.0 Å². The molecule has 0 saturated carbocycles. The van der Waals surface area contributed by atoms with Crippen LogP contribution < -0.4 is 11.0 Å². The highest BCUT2D eigenvalue weighted by atomic mass is 79.9. The van der Waals surface area contributed by atoms with Crippen LogP contribution in [-0.4, -0.2) is 37.6 Å². The molecule has 27 heavy (non-hydrogen) atoms. The third kappa shape index (κ3) is 5.75. The zero-order valence-electron chi connectivity index (χ0n) is 15.5. The molecule has 10 heteroatoms. The van der Waals surface area contributed by atoms with Gasteiger partial charge in [-0.15, -0.1) is 0 Å². The van der Waals surface area contributed by atoms with Crippen molar-refractivity contribution in [2.45, 2.75) is 39.8 Å². The summed E-state index contributed by atoms with van der Waals surface area (Å²) in [5.41, 5.74) is 0.465. The van der Waals surface area contributed by atoms with Gasteiger partial charge in [-0.2, -0.15) is 5.10 Å². The maximum Gasteiger partial charge on any atom is 0.407 e. The number of rotatable bonds is 5. The van der Waals surface area contributed by atoms with E-state index < -0.39 is 17.4 Å². The van der Waals surface area contributed by atoms with Crippen LogP contribution in [0, 0.1) is 6.92 Å². The molecular formula is C17H21BrFN5O3. The second kappa shape index (κ2) is 8.47. The molecular weight excluding hydrogens is 421 g/mol. The van der Waals surface area contributed by atoms with Gasteiger partial charge in [0.05, 0.1) is 24.8 Å². The topological polar surface area (TPSA) is 91.0 Å². The zero-order chi connectivity index (χ0) is 20.2. The lowest BCUT2D eigenvalue weighted by Gasteiger charge is -2.19. The van der Waals surface area contributed by atoms with Crippen LogP contribution in [0.4, 0.5) is 9.18 Å². The molecule has 0 aromatic carbocycles. The molecule has 2 heterocycles. The van der Waals surface area contributed by atoms with Crippen molar-refractivity contribution in [2.24, 2.45) is 0 Å². The Morgan fingerprint density at radius 2 is 2.15 bits per heavy atom. The van der Waals surface area contributed by atoms with E-state index in [-0.39, 0.29) is 18.7 Å². The summed E-state index contributed by atoms with van der Waals surface area (Å²) in [6, 6.07) is 1.77. The molecule has 2 aromatic heterocycles. The van der Waals surface area contributed by atoms with Crippen molar-refractivity contribution in [1.29, 1.82) is 0 Å². The highest BCUT2D eigenvalue weighted by Gasteiger charge is 2.17. The lowest BCUT2D eigenvalue weighted by molar-refractivity contribution is 0.0532. The Balaban J connectivity index is 2.10. The molecule has 0 saturated heterocycles. The van der Waals surface area contributed by atoms with E-state index in [1.807, 2.05) is 6.92 Å². The van der Waals surface area contributed by atoms with E-state index in [0.717, 1.165) is 10.2 Å². The van der Waals surface area contributed by atoms with Crippen molar-refractivity contribution in [3.8, 4) is 5.69 Å². The van der Waals surface area contributed by atoms with Crippen molar-refractivity contribution in [3.63, 3.8) is 0 Å². The van der Waals surface area contributed by atoms with Gasteiger partial charge in [-0.1, -0.05) is 0 Å². The third-order valence-corrected chi connectivity index (χ3v) is 3.84. The minimum absolute atomic E-state index is 0.108. The van der Waals surface area contributed by atoms with Gasteiger partial charge < -0.3 is 10.1 Å². The van der Waals surface area contributed by atoms with E-state index in [4.69, 9.17) is 4.74 Å². The molecule has 0 aliphatic carbocycles. The number of alkyl carbamates (subject to hydrolysis) is 1. The van der Waals surface area contributed by atoms with Crippen LogP contribution in [0.25, 0.3) is 5.69 Å². The van der Waals surface area contributed by atoms with Crippen LogP contribution in [-0.2, 0) is 11.3 Å². The fourth-order valence-corrected chi connectivity index (χ4v) is 2.64. The maximum atomic E-state index is 13.2. The number of pyridine rings is 1. The summed E-state index contributed by atoms with van der Waals surface area (Å²) in [7, 11) is 0. The summed E-state index contributed by atoms with van der Waals surface area (Å²) in [5, 5.41) is 6.46. The number of nitrogens with zero attached hydrogens (tertiary/aromatic N) is 4. The summed E-state index contributed by atoms with van der Waals surface area (Å²) in [6.45, 7) is 6.80. The minimum atomic E-state index is -0.670. The van der Waals surface area contributed by atoms with Gasteiger partial charge in [-0.3, -0.25) is 0 Å². The fourth-order valence-electron chi connectivity index (χ4n) is 2.20. The van der Waals surface area contributed by atoms with Gasteiger partial charge >= 0.3 is 11.8 Å². The Labute approximate surface area is 164 Å². The van der Waals surface area contributed by atoms with Crippen molar-refractivity contribution in [1.82, 2.24) is 24.6 Å². The monoisotopic (exact) mass is 441 g/mol. The molecule has 1 amide bonds. The van der Waals surface area contributed by atoms with Crippen LogP contribution in [0.2, 0.25) is 0 Å². The largest absolute Gasteiger partial charge is 0.444 e. The summed E-state index contributed by atoms with van der Waals surface area (Å²) in [5.74, 6) is 0. The molecule has 0 atom stereocenters. The van der Waals surface area contributed by atoms with Gasteiger partial charge in [0.25, 0.3) is 0 Å². The van der Waals surface area contributed by atoms with E-state index in [9.17, 15) is 14.0 Å². The first-order chi connectivity index (χ1) is 12.6. The molecule has 1 N–H and O–H groups in total. The smallest absolute Gasteiger partial charge is 0.407 e. The van der Waals surface area contributed by atoms with E-state index >= 15 is 0 Å². The van der Waals surface area contributed by atoms with Crippen LogP contribution in [0.5, 0.6) is 0 Å². The summed E-state index contributed by atoms with van der Waals surface area (Å²) >= 11 is 3.27. The number of nitrogens with one attached hydrogen (secondary N) is 1. The first-order valence-electron chi connectivity index (χ1n) is 8.12. The predicted octanol–water partition coefficient (Wildman–Crippen LogP) is 2.88. The Morgan fingerprint density at radius 3 is 2.74 bits per heavy atom. The van der Waals surface area contributed by atoms with Gasteiger partial charge in [-0.25, -0.2) is 28.2 Å². The minimum Gasteiger partial charge on any atom is -0.444 e. The average molecular weight is 442 g/mol. The standard InChI is InChI=1S/C17H21BrFN5O3/c1-11-5-14(18)20-8-13(11)23-10-22-24(16(23)26)9-12(6-19)7-21-15(25)27-17(2,3)4/h5-6,8,10H,7,9H2,1-4H3,(H,21,25). The summed E-state index contributed by atoms with van der Waals surface area (Å²) in [4.78, 5) is 28.3. The highest BCUT2D eigenvalue weighted by molar-refractivity contribution is 9.10. The normalized spacial score (nSPS) is 12.1. The number of hydrogen-bond acceptors (Lipinski definition) is 5. The van der Waals surface area contributed by atoms with Gasteiger partial charge in [-0.05, 0) is 60.8 Å².